The summed E-state index contributed by atoms with van der Waals surface area (Å²) in [5.74, 6) is -0.802. The Kier molecular flexibility index (Phi) is 3.75. The van der Waals surface area contributed by atoms with Crippen molar-refractivity contribution in [2.75, 3.05) is 7.11 Å². The van der Waals surface area contributed by atoms with Gasteiger partial charge in [0.2, 0.25) is 0 Å². The molecule has 1 aromatic heterocycles. The van der Waals surface area contributed by atoms with Gasteiger partial charge in [-0.15, -0.1) is 0 Å². The molecule has 0 aliphatic carbocycles. The molecule has 1 aromatic carbocycles. The van der Waals surface area contributed by atoms with Gasteiger partial charge in [0.1, 0.15) is 6.42 Å². The molecular weight excluding hydrogens is 244 g/mol. The number of hydrogen-bond donors (Lipinski definition) is 0. The van der Waals surface area contributed by atoms with Gasteiger partial charge in [-0.1, -0.05) is 12.1 Å². The van der Waals surface area contributed by atoms with Gasteiger partial charge in [0.25, 0.3) is 0 Å². The number of benzene rings is 1. The molecule has 0 aliphatic rings. The van der Waals surface area contributed by atoms with E-state index in [1.54, 1.807) is 29.1 Å². The summed E-state index contributed by atoms with van der Waals surface area (Å²) in [7, 11) is 1.26. The highest BCUT2D eigenvalue weighted by Gasteiger charge is 2.13. The van der Waals surface area contributed by atoms with E-state index >= 15 is 0 Å². The van der Waals surface area contributed by atoms with Crippen molar-refractivity contribution in [2.24, 2.45) is 0 Å². The Morgan fingerprint density at radius 3 is 2.74 bits per heavy atom. The second-order valence-corrected chi connectivity index (χ2v) is 4.11. The molecule has 0 spiro atoms. The monoisotopic (exact) mass is 258 g/mol. The van der Waals surface area contributed by atoms with Crippen LogP contribution in [0, 0.1) is 6.92 Å². The number of esters is 1. The third-order valence-electron chi connectivity index (χ3n) is 2.78. The predicted octanol–water partition coefficient (Wildman–Crippen LogP) is 1.93. The lowest BCUT2D eigenvalue weighted by Crippen LogP contribution is -2.10. The first kappa shape index (κ1) is 13.0. The van der Waals surface area contributed by atoms with E-state index < -0.39 is 5.97 Å². The molecule has 0 atom stereocenters. The number of Topliss-reactive ketones (excluding diaryl/α,β-unsaturated/α-hetero) is 1. The van der Waals surface area contributed by atoms with Crippen molar-refractivity contribution in [3.05, 3.63) is 47.8 Å². The van der Waals surface area contributed by atoms with E-state index in [2.05, 4.69) is 9.84 Å². The molecule has 5 nitrogen and oxygen atoms in total. The first-order valence-electron chi connectivity index (χ1n) is 5.83. The summed E-state index contributed by atoms with van der Waals surface area (Å²) < 4.78 is 6.22. The van der Waals surface area contributed by atoms with Crippen LogP contribution in [0.4, 0.5) is 0 Å². The first-order valence-corrected chi connectivity index (χ1v) is 5.83. The molecule has 0 aliphatic heterocycles. The maximum absolute atomic E-state index is 11.9. The third kappa shape index (κ3) is 2.88. The Hall–Kier alpha value is -2.43. The number of hydrogen-bond acceptors (Lipinski definition) is 4. The summed E-state index contributed by atoms with van der Waals surface area (Å²) in [5.41, 5.74) is 2.23. The largest absolute Gasteiger partial charge is 0.469 e. The van der Waals surface area contributed by atoms with Gasteiger partial charge in [-0.3, -0.25) is 9.59 Å². The normalized spacial score (nSPS) is 10.2. The molecule has 0 unspecified atom stereocenters. The molecule has 0 N–H and O–H groups in total. The second-order valence-electron chi connectivity index (χ2n) is 4.11. The van der Waals surface area contributed by atoms with Gasteiger partial charge in [0.15, 0.2) is 5.78 Å². The molecular formula is C14H14N2O3. The summed E-state index contributed by atoms with van der Waals surface area (Å²) in [6, 6.07) is 8.89. The van der Waals surface area contributed by atoms with Crippen LogP contribution in [0.2, 0.25) is 0 Å². The fourth-order valence-electron chi connectivity index (χ4n) is 1.76. The van der Waals surface area contributed by atoms with Crippen molar-refractivity contribution in [2.45, 2.75) is 13.3 Å². The summed E-state index contributed by atoms with van der Waals surface area (Å²) in [5, 5.41) is 4.18. The summed E-state index contributed by atoms with van der Waals surface area (Å²) in [6.07, 6.45) is 1.44. The fourth-order valence-corrected chi connectivity index (χ4v) is 1.76. The average molecular weight is 258 g/mol. The maximum Gasteiger partial charge on any atom is 0.313 e. The molecule has 2 aromatic rings. The van der Waals surface area contributed by atoms with Crippen LogP contribution in [0.15, 0.2) is 36.5 Å². The minimum absolute atomic E-state index is 0.252. The highest BCUT2D eigenvalue weighted by Crippen LogP contribution is 2.13. The predicted molar refractivity (Wildman–Crippen MR) is 69.3 cm³/mol. The highest BCUT2D eigenvalue weighted by molar-refractivity contribution is 6.06. The van der Waals surface area contributed by atoms with Crippen LogP contribution in [-0.4, -0.2) is 28.6 Å². The molecule has 0 fully saturated rings. The van der Waals surface area contributed by atoms with Gasteiger partial charge in [0.05, 0.1) is 12.8 Å². The maximum atomic E-state index is 11.9. The number of ketones is 1. The number of nitrogens with zero attached hydrogens (tertiary/aromatic N) is 2. The molecule has 0 amide bonds. The second kappa shape index (κ2) is 5.48. The summed E-state index contributed by atoms with van der Waals surface area (Å²) in [6.45, 7) is 1.93. The zero-order chi connectivity index (χ0) is 13.8. The van der Waals surface area contributed by atoms with Gasteiger partial charge in [-0.2, -0.15) is 5.10 Å². The average Bonchev–Trinajstić information content (AvgIpc) is 2.85. The molecule has 5 heteroatoms. The molecule has 0 bridgehead atoms. The van der Waals surface area contributed by atoms with E-state index in [4.69, 9.17) is 0 Å². The van der Waals surface area contributed by atoms with E-state index in [1.165, 1.54) is 7.11 Å². The molecule has 0 radical (unpaired) electrons. The number of carbonyl (C=O) groups excluding carboxylic acids is 2. The minimum atomic E-state index is -0.536. The van der Waals surface area contributed by atoms with Crippen LogP contribution in [-0.2, 0) is 9.53 Å². The summed E-state index contributed by atoms with van der Waals surface area (Å²) in [4.78, 5) is 23.0. The Morgan fingerprint density at radius 1 is 1.32 bits per heavy atom. The molecule has 0 saturated heterocycles. The number of ether oxygens (including phenoxy) is 1. The van der Waals surface area contributed by atoms with Crippen LogP contribution in [0.1, 0.15) is 22.5 Å². The Balaban J connectivity index is 2.27. The number of aryl methyl sites for hydroxylation is 1. The van der Waals surface area contributed by atoms with Crippen LogP contribution in [0.25, 0.3) is 5.69 Å². The Morgan fingerprint density at radius 2 is 2.11 bits per heavy atom. The van der Waals surface area contributed by atoms with E-state index in [9.17, 15) is 9.59 Å². The van der Waals surface area contributed by atoms with Gasteiger partial charge in [-0.25, -0.2) is 4.68 Å². The molecule has 0 saturated carbocycles. The number of carbonyl (C=O) groups is 2. The van der Waals surface area contributed by atoms with Crippen molar-refractivity contribution in [3.63, 3.8) is 0 Å². The third-order valence-corrected chi connectivity index (χ3v) is 2.78. The molecule has 1 heterocycles. The van der Waals surface area contributed by atoms with Crippen LogP contribution in [0.5, 0.6) is 0 Å². The van der Waals surface area contributed by atoms with Crippen molar-refractivity contribution >= 4 is 11.8 Å². The first-order chi connectivity index (χ1) is 9.11. The van der Waals surface area contributed by atoms with E-state index in [0.29, 0.717) is 5.56 Å². The van der Waals surface area contributed by atoms with Gasteiger partial charge >= 0.3 is 5.97 Å². The zero-order valence-electron chi connectivity index (χ0n) is 10.8. The van der Waals surface area contributed by atoms with Gasteiger partial charge < -0.3 is 4.74 Å². The van der Waals surface area contributed by atoms with E-state index in [-0.39, 0.29) is 12.2 Å². The van der Waals surface area contributed by atoms with E-state index in [1.807, 2.05) is 19.1 Å². The van der Waals surface area contributed by atoms with Crippen molar-refractivity contribution < 1.29 is 14.3 Å². The van der Waals surface area contributed by atoms with Crippen LogP contribution < -0.4 is 0 Å². The number of rotatable bonds is 4. The standard InChI is InChI=1S/C14H14N2O3/c1-10-6-7-15-16(10)12-5-3-4-11(8-12)13(17)9-14(18)19-2/h3-8H,9H2,1-2H3. The van der Waals surface area contributed by atoms with Crippen molar-refractivity contribution in [3.8, 4) is 5.69 Å². The number of aromatic nitrogens is 2. The Bertz CT molecular complexity index is 617. The van der Waals surface area contributed by atoms with Gasteiger partial charge in [-0.05, 0) is 25.1 Å². The summed E-state index contributed by atoms with van der Waals surface area (Å²) >= 11 is 0. The SMILES string of the molecule is COC(=O)CC(=O)c1cccc(-n2nccc2C)c1. The van der Waals surface area contributed by atoms with Crippen LogP contribution in [0.3, 0.4) is 0 Å². The minimum Gasteiger partial charge on any atom is -0.469 e. The molecule has 2 rings (SSSR count). The van der Waals surface area contributed by atoms with Crippen molar-refractivity contribution in [1.29, 1.82) is 0 Å². The number of methoxy groups -OCH3 is 1. The van der Waals surface area contributed by atoms with Crippen molar-refractivity contribution in [1.82, 2.24) is 9.78 Å². The lowest BCUT2D eigenvalue weighted by Gasteiger charge is -2.06. The molecule has 98 valence electrons. The lowest BCUT2D eigenvalue weighted by molar-refractivity contribution is -0.139. The van der Waals surface area contributed by atoms with E-state index in [0.717, 1.165) is 11.4 Å². The fraction of sp³-hybridized carbons (Fsp3) is 0.214. The topological polar surface area (TPSA) is 61.2 Å². The molecule has 19 heavy (non-hydrogen) atoms. The lowest BCUT2D eigenvalue weighted by atomic mass is 10.1. The van der Waals surface area contributed by atoms with Gasteiger partial charge in [0, 0.05) is 17.5 Å². The Labute approximate surface area is 110 Å². The van der Waals surface area contributed by atoms with Crippen LogP contribution >= 0.6 is 0 Å². The smallest absolute Gasteiger partial charge is 0.313 e. The quantitative estimate of drug-likeness (QED) is 0.477. The highest BCUT2D eigenvalue weighted by atomic mass is 16.5. The zero-order valence-corrected chi connectivity index (χ0v) is 10.8.